The highest BCUT2D eigenvalue weighted by Gasteiger charge is 2.22. The monoisotopic (exact) mass is 383 g/mol. The van der Waals surface area contributed by atoms with E-state index in [9.17, 15) is 9.59 Å². The maximum Gasteiger partial charge on any atom is 0.344 e. The van der Waals surface area contributed by atoms with Gasteiger partial charge in [0.2, 0.25) is 0 Å². The Balaban J connectivity index is 1.77. The van der Waals surface area contributed by atoms with Gasteiger partial charge in [-0.3, -0.25) is 4.79 Å². The van der Waals surface area contributed by atoms with Crippen LogP contribution in [0.3, 0.4) is 0 Å². The molecule has 7 heteroatoms. The first-order chi connectivity index (χ1) is 12.1. The SMILES string of the molecule is CCC(CC)NC(=O)COC(=O)COc1ccccc1C1SCCS1. The number of carbonyl (C=O) groups is 2. The van der Waals surface area contributed by atoms with Crippen LogP contribution in [0.1, 0.15) is 36.8 Å². The molecule has 0 saturated carbocycles. The fraction of sp³-hybridized carbons (Fsp3) is 0.556. The van der Waals surface area contributed by atoms with Crippen molar-refractivity contribution < 1.29 is 19.1 Å². The van der Waals surface area contributed by atoms with Crippen LogP contribution in [0.4, 0.5) is 0 Å². The van der Waals surface area contributed by atoms with Crippen LogP contribution in [-0.4, -0.2) is 42.6 Å². The summed E-state index contributed by atoms with van der Waals surface area (Å²) in [7, 11) is 0. The summed E-state index contributed by atoms with van der Waals surface area (Å²) in [5, 5.41) is 2.83. The molecule has 1 aliphatic heterocycles. The average molecular weight is 384 g/mol. The molecule has 0 radical (unpaired) electrons. The molecule has 1 aliphatic rings. The third kappa shape index (κ3) is 6.47. The number of benzene rings is 1. The van der Waals surface area contributed by atoms with Gasteiger partial charge in [0.15, 0.2) is 13.2 Å². The maximum absolute atomic E-state index is 11.8. The van der Waals surface area contributed by atoms with Crippen LogP contribution in [0, 0.1) is 0 Å². The molecule has 1 N–H and O–H groups in total. The van der Waals surface area contributed by atoms with Gasteiger partial charge in [-0.2, -0.15) is 0 Å². The van der Waals surface area contributed by atoms with E-state index in [4.69, 9.17) is 9.47 Å². The van der Waals surface area contributed by atoms with Gasteiger partial charge in [-0.15, -0.1) is 23.5 Å². The Hall–Kier alpha value is -1.34. The predicted octanol–water partition coefficient (Wildman–Crippen LogP) is 3.39. The Morgan fingerprint density at radius 3 is 2.52 bits per heavy atom. The summed E-state index contributed by atoms with van der Waals surface area (Å²) in [5.41, 5.74) is 1.09. The first-order valence-corrected chi connectivity index (χ1v) is 10.6. The van der Waals surface area contributed by atoms with Crippen LogP contribution in [-0.2, 0) is 14.3 Å². The Bertz CT molecular complexity index is 572. The molecule has 0 atom stereocenters. The van der Waals surface area contributed by atoms with Crippen molar-refractivity contribution in [2.45, 2.75) is 37.3 Å². The van der Waals surface area contributed by atoms with Crippen molar-refractivity contribution in [2.75, 3.05) is 24.7 Å². The van der Waals surface area contributed by atoms with Gasteiger partial charge in [-0.25, -0.2) is 4.79 Å². The number of ether oxygens (including phenoxy) is 2. The summed E-state index contributed by atoms with van der Waals surface area (Å²) >= 11 is 3.76. The Morgan fingerprint density at radius 2 is 1.84 bits per heavy atom. The molecule has 138 valence electrons. The summed E-state index contributed by atoms with van der Waals surface area (Å²) in [6, 6.07) is 7.87. The maximum atomic E-state index is 11.8. The summed E-state index contributed by atoms with van der Waals surface area (Å²) in [5.74, 6) is 2.13. The zero-order valence-electron chi connectivity index (χ0n) is 14.7. The van der Waals surface area contributed by atoms with Crippen molar-refractivity contribution in [3.8, 4) is 5.75 Å². The average Bonchev–Trinajstić information content (AvgIpc) is 3.17. The number of amides is 1. The fourth-order valence-electron chi connectivity index (χ4n) is 2.43. The molecule has 1 amide bonds. The zero-order valence-corrected chi connectivity index (χ0v) is 16.3. The highest BCUT2D eigenvalue weighted by atomic mass is 32.2. The minimum absolute atomic E-state index is 0.121. The molecule has 0 aromatic heterocycles. The quantitative estimate of drug-likeness (QED) is 0.660. The van der Waals surface area contributed by atoms with Gasteiger partial charge in [0.25, 0.3) is 5.91 Å². The molecule has 1 aromatic rings. The second-order valence-electron chi connectivity index (χ2n) is 5.64. The first kappa shape index (κ1) is 20.0. The molecule has 1 heterocycles. The lowest BCUT2D eigenvalue weighted by Gasteiger charge is -2.16. The molecular weight excluding hydrogens is 358 g/mol. The van der Waals surface area contributed by atoms with E-state index in [1.807, 2.05) is 61.6 Å². The van der Waals surface area contributed by atoms with E-state index >= 15 is 0 Å². The molecule has 5 nitrogen and oxygen atoms in total. The van der Waals surface area contributed by atoms with E-state index in [0.29, 0.717) is 10.3 Å². The van der Waals surface area contributed by atoms with Crippen LogP contribution in [0.25, 0.3) is 0 Å². The van der Waals surface area contributed by atoms with Crippen molar-refractivity contribution in [1.82, 2.24) is 5.32 Å². The lowest BCUT2D eigenvalue weighted by molar-refractivity contribution is -0.150. The molecule has 0 bridgehead atoms. The summed E-state index contributed by atoms with van der Waals surface area (Å²) < 4.78 is 11.0. The van der Waals surface area contributed by atoms with Gasteiger partial charge in [-0.1, -0.05) is 32.0 Å². The molecule has 1 fully saturated rings. The summed E-state index contributed by atoms with van der Waals surface area (Å²) in [4.78, 5) is 23.6. The lowest BCUT2D eigenvalue weighted by atomic mass is 10.2. The minimum Gasteiger partial charge on any atom is -0.482 e. The normalized spacial score (nSPS) is 14.5. The number of para-hydroxylation sites is 1. The van der Waals surface area contributed by atoms with E-state index in [1.54, 1.807) is 0 Å². The van der Waals surface area contributed by atoms with Gasteiger partial charge >= 0.3 is 5.97 Å². The van der Waals surface area contributed by atoms with E-state index in [0.717, 1.165) is 29.9 Å². The van der Waals surface area contributed by atoms with Crippen LogP contribution in [0.2, 0.25) is 0 Å². The molecule has 0 aliphatic carbocycles. The molecular formula is C18H25NO4S2. The number of thioether (sulfide) groups is 2. The first-order valence-electron chi connectivity index (χ1n) is 8.54. The van der Waals surface area contributed by atoms with Gasteiger partial charge < -0.3 is 14.8 Å². The number of rotatable bonds is 9. The van der Waals surface area contributed by atoms with Crippen LogP contribution in [0.15, 0.2) is 24.3 Å². The Morgan fingerprint density at radius 1 is 1.16 bits per heavy atom. The van der Waals surface area contributed by atoms with Crippen LogP contribution >= 0.6 is 23.5 Å². The summed E-state index contributed by atoms with van der Waals surface area (Å²) in [6.45, 7) is 3.55. The van der Waals surface area contributed by atoms with Crippen molar-refractivity contribution in [3.63, 3.8) is 0 Å². The number of esters is 1. The highest BCUT2D eigenvalue weighted by molar-refractivity contribution is 8.19. The fourth-order valence-corrected chi connectivity index (χ4v) is 5.34. The predicted molar refractivity (Wildman–Crippen MR) is 103 cm³/mol. The van der Waals surface area contributed by atoms with E-state index in [2.05, 4.69) is 5.32 Å². The van der Waals surface area contributed by atoms with Crippen molar-refractivity contribution in [2.24, 2.45) is 0 Å². The number of carbonyl (C=O) groups excluding carboxylic acids is 2. The van der Waals surface area contributed by atoms with Gasteiger partial charge in [-0.05, 0) is 18.9 Å². The van der Waals surface area contributed by atoms with Crippen LogP contribution < -0.4 is 10.1 Å². The molecule has 0 spiro atoms. The number of nitrogens with one attached hydrogen (secondary N) is 1. The third-order valence-electron chi connectivity index (χ3n) is 3.86. The van der Waals surface area contributed by atoms with Crippen LogP contribution in [0.5, 0.6) is 5.75 Å². The molecule has 1 aromatic carbocycles. The van der Waals surface area contributed by atoms with Gasteiger partial charge in [0.05, 0.1) is 4.58 Å². The van der Waals surface area contributed by atoms with Crippen molar-refractivity contribution in [1.29, 1.82) is 0 Å². The van der Waals surface area contributed by atoms with Gasteiger partial charge in [0, 0.05) is 23.1 Å². The third-order valence-corrected chi connectivity index (χ3v) is 6.92. The second kappa shape index (κ2) is 10.6. The van der Waals surface area contributed by atoms with Crippen molar-refractivity contribution in [3.05, 3.63) is 29.8 Å². The standard InChI is InChI=1S/C18H25NO4S2/c1-3-13(4-2)19-16(20)11-23-17(21)12-22-15-8-6-5-7-14(15)18-24-9-10-25-18/h5-8,13,18H,3-4,9-12H2,1-2H3,(H,19,20). The van der Waals surface area contributed by atoms with Crippen molar-refractivity contribution >= 4 is 35.4 Å². The topological polar surface area (TPSA) is 64.6 Å². The Kier molecular flexibility index (Phi) is 8.48. The Labute approximate surface area is 157 Å². The summed E-state index contributed by atoms with van der Waals surface area (Å²) in [6.07, 6.45) is 1.71. The molecule has 1 saturated heterocycles. The van der Waals surface area contributed by atoms with E-state index < -0.39 is 5.97 Å². The van der Waals surface area contributed by atoms with E-state index in [1.165, 1.54) is 0 Å². The molecule has 2 rings (SSSR count). The highest BCUT2D eigenvalue weighted by Crippen LogP contribution is 2.48. The van der Waals surface area contributed by atoms with Gasteiger partial charge in [0.1, 0.15) is 5.75 Å². The molecule has 25 heavy (non-hydrogen) atoms. The second-order valence-corrected chi connectivity index (χ2v) is 8.37. The number of hydrogen-bond acceptors (Lipinski definition) is 6. The minimum atomic E-state index is -0.541. The zero-order chi connectivity index (χ0) is 18.1. The number of hydrogen-bond donors (Lipinski definition) is 1. The molecule has 0 unspecified atom stereocenters. The largest absolute Gasteiger partial charge is 0.482 e. The lowest BCUT2D eigenvalue weighted by Crippen LogP contribution is -2.37. The smallest absolute Gasteiger partial charge is 0.344 e. The van der Waals surface area contributed by atoms with E-state index in [-0.39, 0.29) is 25.2 Å².